The predicted molar refractivity (Wildman–Crippen MR) is 154 cm³/mol. The standard InChI is InChI=1S/C29H34BrN3O4S/c1-21-10-9-11-23(18-21)19-32(22(2)28(35)31-29(3,4)5)27(34)20-33(25-16-14-24(30)15-17-25)38(36,37)26-12-7-6-8-13-26/h6-18,22H,19-20H2,1-5H3,(H,31,35)/t22-/m1/s1. The lowest BCUT2D eigenvalue weighted by molar-refractivity contribution is -0.140. The molecule has 9 heteroatoms. The second-order valence-corrected chi connectivity index (χ2v) is 13.0. The van der Waals surface area contributed by atoms with Crippen molar-refractivity contribution in [3.05, 3.63) is 94.5 Å². The molecule has 0 saturated heterocycles. The van der Waals surface area contributed by atoms with Crippen molar-refractivity contribution in [2.45, 2.75) is 57.6 Å². The van der Waals surface area contributed by atoms with Crippen LogP contribution >= 0.6 is 15.9 Å². The monoisotopic (exact) mass is 599 g/mol. The van der Waals surface area contributed by atoms with Crippen LogP contribution in [0.3, 0.4) is 0 Å². The summed E-state index contributed by atoms with van der Waals surface area (Å²) in [6.45, 7) is 8.89. The topological polar surface area (TPSA) is 86.8 Å². The molecular weight excluding hydrogens is 566 g/mol. The van der Waals surface area contributed by atoms with E-state index in [4.69, 9.17) is 0 Å². The van der Waals surface area contributed by atoms with E-state index in [1.165, 1.54) is 17.0 Å². The third-order valence-corrected chi connectivity index (χ3v) is 8.14. The molecule has 0 heterocycles. The number of sulfonamides is 1. The first-order chi connectivity index (χ1) is 17.8. The van der Waals surface area contributed by atoms with Gasteiger partial charge in [0, 0.05) is 16.6 Å². The second kappa shape index (κ2) is 12.1. The minimum absolute atomic E-state index is 0.0690. The number of carbonyl (C=O) groups is 2. The van der Waals surface area contributed by atoms with Gasteiger partial charge < -0.3 is 10.2 Å². The van der Waals surface area contributed by atoms with E-state index in [2.05, 4.69) is 21.2 Å². The third-order valence-electron chi connectivity index (χ3n) is 5.83. The van der Waals surface area contributed by atoms with Crippen LogP contribution in [0.2, 0.25) is 0 Å². The Balaban J connectivity index is 2.02. The third kappa shape index (κ3) is 7.68. The van der Waals surface area contributed by atoms with Gasteiger partial charge in [-0.25, -0.2) is 8.42 Å². The Bertz CT molecular complexity index is 1370. The molecule has 1 atom stereocenters. The molecule has 0 radical (unpaired) electrons. The van der Waals surface area contributed by atoms with Crippen LogP contribution in [0, 0.1) is 6.92 Å². The highest BCUT2D eigenvalue weighted by molar-refractivity contribution is 9.10. The summed E-state index contributed by atoms with van der Waals surface area (Å²) in [5.41, 5.74) is 1.70. The van der Waals surface area contributed by atoms with Crippen molar-refractivity contribution in [1.29, 1.82) is 0 Å². The van der Waals surface area contributed by atoms with Crippen molar-refractivity contribution in [2.75, 3.05) is 10.8 Å². The minimum Gasteiger partial charge on any atom is -0.350 e. The Hall–Kier alpha value is -3.17. The van der Waals surface area contributed by atoms with Crippen molar-refractivity contribution >= 4 is 43.5 Å². The summed E-state index contributed by atoms with van der Waals surface area (Å²) in [4.78, 5) is 28.5. The van der Waals surface area contributed by atoms with Gasteiger partial charge in [-0.3, -0.25) is 13.9 Å². The number of benzene rings is 3. The number of nitrogens with one attached hydrogen (secondary N) is 1. The minimum atomic E-state index is -4.08. The lowest BCUT2D eigenvalue weighted by Gasteiger charge is -2.33. The number of hydrogen-bond acceptors (Lipinski definition) is 4. The van der Waals surface area contributed by atoms with E-state index in [1.54, 1.807) is 49.4 Å². The average Bonchev–Trinajstić information content (AvgIpc) is 2.85. The van der Waals surface area contributed by atoms with Gasteiger partial charge in [-0.2, -0.15) is 0 Å². The highest BCUT2D eigenvalue weighted by Gasteiger charge is 2.33. The molecule has 0 saturated carbocycles. The zero-order valence-electron chi connectivity index (χ0n) is 22.3. The van der Waals surface area contributed by atoms with Gasteiger partial charge in [-0.15, -0.1) is 0 Å². The first kappa shape index (κ1) is 29.4. The number of halogens is 1. The van der Waals surface area contributed by atoms with Gasteiger partial charge in [-0.1, -0.05) is 64.0 Å². The molecular formula is C29H34BrN3O4S. The van der Waals surface area contributed by atoms with E-state index < -0.39 is 34.1 Å². The molecule has 2 amide bonds. The van der Waals surface area contributed by atoms with Crippen molar-refractivity contribution in [1.82, 2.24) is 10.2 Å². The zero-order chi connectivity index (χ0) is 28.1. The van der Waals surface area contributed by atoms with Crippen molar-refractivity contribution in [3.8, 4) is 0 Å². The van der Waals surface area contributed by atoms with E-state index in [9.17, 15) is 18.0 Å². The van der Waals surface area contributed by atoms with Gasteiger partial charge in [0.15, 0.2) is 0 Å². The molecule has 0 bridgehead atoms. The van der Waals surface area contributed by atoms with Crippen LogP contribution in [-0.4, -0.2) is 43.3 Å². The summed E-state index contributed by atoms with van der Waals surface area (Å²) < 4.78 is 29.3. The van der Waals surface area contributed by atoms with Crippen LogP contribution < -0.4 is 9.62 Å². The lowest BCUT2D eigenvalue weighted by atomic mass is 10.1. The van der Waals surface area contributed by atoms with Crippen LogP contribution in [0.1, 0.15) is 38.8 Å². The van der Waals surface area contributed by atoms with Gasteiger partial charge >= 0.3 is 0 Å². The summed E-state index contributed by atoms with van der Waals surface area (Å²) in [5.74, 6) is -0.815. The molecule has 3 rings (SSSR count). The highest BCUT2D eigenvalue weighted by Crippen LogP contribution is 2.26. The first-order valence-electron chi connectivity index (χ1n) is 12.3. The summed E-state index contributed by atoms with van der Waals surface area (Å²) in [6.07, 6.45) is 0. The fourth-order valence-electron chi connectivity index (χ4n) is 3.92. The Morgan fingerprint density at radius 3 is 2.16 bits per heavy atom. The quantitative estimate of drug-likeness (QED) is 0.362. The summed E-state index contributed by atoms with van der Waals surface area (Å²) in [6, 6.07) is 21.5. The highest BCUT2D eigenvalue weighted by atomic mass is 79.9. The molecule has 0 unspecified atom stereocenters. The molecule has 202 valence electrons. The molecule has 0 fully saturated rings. The fourth-order valence-corrected chi connectivity index (χ4v) is 5.62. The van der Waals surface area contributed by atoms with E-state index >= 15 is 0 Å². The van der Waals surface area contributed by atoms with Gasteiger partial charge in [0.25, 0.3) is 10.0 Å². The summed E-state index contributed by atoms with van der Waals surface area (Å²) in [7, 11) is -4.08. The maximum Gasteiger partial charge on any atom is 0.264 e. The molecule has 3 aromatic carbocycles. The fraction of sp³-hybridized carbons (Fsp3) is 0.310. The number of rotatable bonds is 9. The molecule has 3 aromatic rings. The first-order valence-corrected chi connectivity index (χ1v) is 14.5. The average molecular weight is 601 g/mol. The van der Waals surface area contributed by atoms with Crippen LogP contribution in [0.25, 0.3) is 0 Å². The van der Waals surface area contributed by atoms with E-state index in [-0.39, 0.29) is 17.3 Å². The normalized spacial score (nSPS) is 12.5. The molecule has 7 nitrogen and oxygen atoms in total. The van der Waals surface area contributed by atoms with E-state index in [0.717, 1.165) is 19.9 Å². The molecule has 0 aliphatic heterocycles. The summed E-state index contributed by atoms with van der Waals surface area (Å²) in [5, 5.41) is 2.93. The Morgan fingerprint density at radius 2 is 1.58 bits per heavy atom. The number of anilines is 1. The van der Waals surface area contributed by atoms with Crippen LogP contribution in [0.15, 0.2) is 88.2 Å². The largest absolute Gasteiger partial charge is 0.350 e. The van der Waals surface area contributed by atoms with Gasteiger partial charge in [0.05, 0.1) is 10.6 Å². The SMILES string of the molecule is Cc1cccc(CN(C(=O)CN(c2ccc(Br)cc2)S(=O)(=O)c2ccccc2)[C@H](C)C(=O)NC(C)(C)C)c1. The summed E-state index contributed by atoms with van der Waals surface area (Å²) >= 11 is 3.38. The molecule has 1 N–H and O–H groups in total. The van der Waals surface area contributed by atoms with Gasteiger partial charge in [-0.05, 0) is 76.6 Å². The molecule has 0 aromatic heterocycles. The molecule has 38 heavy (non-hydrogen) atoms. The predicted octanol–water partition coefficient (Wildman–Crippen LogP) is 5.28. The van der Waals surface area contributed by atoms with Gasteiger partial charge in [0.1, 0.15) is 12.6 Å². The van der Waals surface area contributed by atoms with Crippen LogP contribution in [0.4, 0.5) is 5.69 Å². The Kier molecular flexibility index (Phi) is 9.38. The number of nitrogens with zero attached hydrogens (tertiary/aromatic N) is 2. The molecule has 0 aliphatic carbocycles. The van der Waals surface area contributed by atoms with E-state index in [0.29, 0.717) is 5.69 Å². The number of carbonyl (C=O) groups excluding carboxylic acids is 2. The number of amides is 2. The smallest absolute Gasteiger partial charge is 0.264 e. The molecule has 0 aliphatic rings. The van der Waals surface area contributed by atoms with Crippen molar-refractivity contribution < 1.29 is 18.0 Å². The zero-order valence-corrected chi connectivity index (χ0v) is 24.7. The lowest BCUT2D eigenvalue weighted by Crippen LogP contribution is -2.54. The van der Waals surface area contributed by atoms with Crippen LogP contribution in [-0.2, 0) is 26.2 Å². The van der Waals surface area contributed by atoms with Crippen molar-refractivity contribution in [3.63, 3.8) is 0 Å². The Labute approximate surface area is 234 Å². The maximum atomic E-state index is 13.9. The van der Waals surface area contributed by atoms with Gasteiger partial charge in [0.2, 0.25) is 11.8 Å². The number of aryl methyl sites for hydroxylation is 1. The van der Waals surface area contributed by atoms with Crippen LogP contribution in [0.5, 0.6) is 0 Å². The second-order valence-electron chi connectivity index (χ2n) is 10.2. The maximum absolute atomic E-state index is 13.9. The van der Waals surface area contributed by atoms with Crippen molar-refractivity contribution in [2.24, 2.45) is 0 Å². The molecule has 0 spiro atoms. The number of hydrogen-bond donors (Lipinski definition) is 1. The van der Waals surface area contributed by atoms with E-state index in [1.807, 2.05) is 52.0 Å². The Morgan fingerprint density at radius 1 is 0.947 bits per heavy atom.